The van der Waals surface area contributed by atoms with Gasteiger partial charge in [-0.2, -0.15) is 0 Å². The number of carboxylic acid groups (broad SMARTS) is 1. The summed E-state index contributed by atoms with van der Waals surface area (Å²) in [5.74, 6) is -1.01. The predicted octanol–water partition coefficient (Wildman–Crippen LogP) is 1.08. The molecule has 2 aromatic rings. The minimum Gasteiger partial charge on any atom is -0.481 e. The van der Waals surface area contributed by atoms with Gasteiger partial charge < -0.3 is 15.8 Å². The summed E-state index contributed by atoms with van der Waals surface area (Å²) in [4.78, 5) is 17.9. The van der Waals surface area contributed by atoms with Gasteiger partial charge in [0.15, 0.2) is 0 Å². The summed E-state index contributed by atoms with van der Waals surface area (Å²) in [7, 11) is 0. The van der Waals surface area contributed by atoms with E-state index in [4.69, 9.17) is 10.8 Å². The molecule has 0 fully saturated rings. The molecule has 2 heterocycles. The number of aromatic nitrogens is 2. The molecule has 0 spiro atoms. The lowest BCUT2D eigenvalue weighted by Crippen LogP contribution is -2.15. The first kappa shape index (κ1) is 10.6. The Bertz CT molecular complexity index is 507. The Morgan fingerprint density at radius 2 is 2.44 bits per heavy atom. The van der Waals surface area contributed by atoms with Crippen LogP contribution in [0, 0.1) is 0 Å². The number of H-pyrrole nitrogens is 1. The smallest absolute Gasteiger partial charge is 0.304 e. The average Bonchev–Trinajstić information content (AvgIpc) is 2.69. The van der Waals surface area contributed by atoms with Gasteiger partial charge in [0.1, 0.15) is 5.65 Å². The molecular formula is C11H13N3O2. The van der Waals surface area contributed by atoms with Crippen LogP contribution in [-0.2, 0) is 4.79 Å². The van der Waals surface area contributed by atoms with Crippen molar-refractivity contribution in [1.29, 1.82) is 0 Å². The number of nitrogens with zero attached hydrogens (tertiary/aromatic N) is 1. The van der Waals surface area contributed by atoms with Crippen LogP contribution >= 0.6 is 0 Å². The molecule has 84 valence electrons. The molecule has 0 bridgehead atoms. The number of hydrogen-bond donors (Lipinski definition) is 3. The maximum absolute atomic E-state index is 10.7. The first-order chi connectivity index (χ1) is 7.72. The third-order valence-electron chi connectivity index (χ3n) is 2.63. The summed E-state index contributed by atoms with van der Waals surface area (Å²) < 4.78 is 0. The van der Waals surface area contributed by atoms with Crippen molar-refractivity contribution in [3.05, 3.63) is 30.1 Å². The lowest BCUT2D eigenvalue weighted by Gasteiger charge is -2.10. The number of nitrogens with one attached hydrogen (secondary N) is 1. The fourth-order valence-electron chi connectivity index (χ4n) is 1.85. The third kappa shape index (κ3) is 1.90. The zero-order valence-corrected chi connectivity index (χ0v) is 8.68. The fraction of sp³-hybridized carbons (Fsp3) is 0.273. The Balaban J connectivity index is 2.41. The summed E-state index contributed by atoms with van der Waals surface area (Å²) in [5, 5.41) is 9.75. The van der Waals surface area contributed by atoms with Crippen LogP contribution in [0.25, 0.3) is 11.0 Å². The lowest BCUT2D eigenvalue weighted by molar-refractivity contribution is -0.137. The van der Waals surface area contributed by atoms with Crippen LogP contribution in [0.1, 0.15) is 17.9 Å². The molecule has 2 rings (SSSR count). The van der Waals surface area contributed by atoms with E-state index in [1.807, 2.05) is 12.1 Å². The van der Waals surface area contributed by atoms with Crippen molar-refractivity contribution in [1.82, 2.24) is 9.97 Å². The van der Waals surface area contributed by atoms with Gasteiger partial charge >= 0.3 is 5.97 Å². The molecule has 5 heteroatoms. The molecule has 0 aliphatic heterocycles. The number of carboxylic acids is 1. The summed E-state index contributed by atoms with van der Waals surface area (Å²) in [5.41, 5.74) is 7.29. The van der Waals surface area contributed by atoms with Gasteiger partial charge in [0, 0.05) is 23.7 Å². The van der Waals surface area contributed by atoms with Gasteiger partial charge in [0.2, 0.25) is 0 Å². The normalized spacial score (nSPS) is 12.8. The van der Waals surface area contributed by atoms with Crippen molar-refractivity contribution in [2.45, 2.75) is 12.3 Å². The minimum absolute atomic E-state index is 0.0400. The Morgan fingerprint density at radius 1 is 1.62 bits per heavy atom. The SMILES string of the molecule is NCC(CC(=O)O)c1c[nH]c2ncccc12. The molecule has 0 radical (unpaired) electrons. The molecule has 4 N–H and O–H groups in total. The number of aromatic amines is 1. The van der Waals surface area contributed by atoms with Gasteiger partial charge in [0.05, 0.1) is 6.42 Å². The summed E-state index contributed by atoms with van der Waals surface area (Å²) in [6, 6.07) is 3.74. The third-order valence-corrected chi connectivity index (χ3v) is 2.63. The number of aliphatic carboxylic acids is 1. The molecule has 1 unspecified atom stereocenters. The molecule has 0 aliphatic carbocycles. The lowest BCUT2D eigenvalue weighted by atomic mass is 9.96. The molecule has 0 saturated carbocycles. The van der Waals surface area contributed by atoms with Crippen molar-refractivity contribution in [3.8, 4) is 0 Å². The molecule has 1 atom stereocenters. The fourth-order valence-corrected chi connectivity index (χ4v) is 1.85. The highest BCUT2D eigenvalue weighted by Crippen LogP contribution is 2.25. The molecule has 0 saturated heterocycles. The van der Waals surface area contributed by atoms with Crippen molar-refractivity contribution < 1.29 is 9.90 Å². The number of fused-ring (bicyclic) bond motifs is 1. The second-order valence-electron chi connectivity index (χ2n) is 3.67. The van der Waals surface area contributed by atoms with Crippen LogP contribution in [0.15, 0.2) is 24.5 Å². The highest BCUT2D eigenvalue weighted by Gasteiger charge is 2.17. The van der Waals surface area contributed by atoms with Crippen molar-refractivity contribution in [3.63, 3.8) is 0 Å². The van der Waals surface area contributed by atoms with E-state index in [9.17, 15) is 4.79 Å². The van der Waals surface area contributed by atoms with Crippen LogP contribution in [-0.4, -0.2) is 27.6 Å². The molecular weight excluding hydrogens is 206 g/mol. The van der Waals surface area contributed by atoms with Crippen LogP contribution in [0.4, 0.5) is 0 Å². The topological polar surface area (TPSA) is 92.0 Å². The van der Waals surface area contributed by atoms with Gasteiger partial charge in [-0.15, -0.1) is 0 Å². The zero-order valence-electron chi connectivity index (χ0n) is 8.68. The number of pyridine rings is 1. The Morgan fingerprint density at radius 3 is 3.12 bits per heavy atom. The number of carbonyl (C=O) groups is 1. The zero-order chi connectivity index (χ0) is 11.5. The predicted molar refractivity (Wildman–Crippen MR) is 60.1 cm³/mol. The molecule has 0 aliphatic rings. The van der Waals surface area contributed by atoms with Crippen molar-refractivity contribution in [2.24, 2.45) is 5.73 Å². The van der Waals surface area contributed by atoms with E-state index in [2.05, 4.69) is 9.97 Å². The van der Waals surface area contributed by atoms with Crippen LogP contribution in [0.3, 0.4) is 0 Å². The average molecular weight is 219 g/mol. The molecule has 2 aromatic heterocycles. The summed E-state index contributed by atoms with van der Waals surface area (Å²) >= 11 is 0. The second kappa shape index (κ2) is 4.32. The van der Waals surface area contributed by atoms with E-state index in [0.717, 1.165) is 16.6 Å². The summed E-state index contributed by atoms with van der Waals surface area (Å²) in [6.45, 7) is 0.314. The van der Waals surface area contributed by atoms with E-state index in [1.165, 1.54) is 0 Å². The monoisotopic (exact) mass is 219 g/mol. The molecule has 0 aromatic carbocycles. The standard InChI is InChI=1S/C11H13N3O2/c12-5-7(4-10(15)16)9-6-14-11-8(9)2-1-3-13-11/h1-3,6-7H,4-5,12H2,(H,13,14)(H,15,16). The van der Waals surface area contributed by atoms with Crippen LogP contribution in [0.2, 0.25) is 0 Å². The highest BCUT2D eigenvalue weighted by molar-refractivity contribution is 5.81. The summed E-state index contributed by atoms with van der Waals surface area (Å²) in [6.07, 6.45) is 3.52. The quantitative estimate of drug-likeness (QED) is 0.717. The van der Waals surface area contributed by atoms with Crippen molar-refractivity contribution in [2.75, 3.05) is 6.54 Å². The maximum Gasteiger partial charge on any atom is 0.304 e. The second-order valence-corrected chi connectivity index (χ2v) is 3.67. The molecule has 16 heavy (non-hydrogen) atoms. The van der Waals surface area contributed by atoms with E-state index >= 15 is 0 Å². The first-order valence-corrected chi connectivity index (χ1v) is 5.06. The van der Waals surface area contributed by atoms with Gasteiger partial charge in [0.25, 0.3) is 0 Å². The molecule has 0 amide bonds. The Labute approximate surface area is 92.3 Å². The molecule has 5 nitrogen and oxygen atoms in total. The Hall–Kier alpha value is -1.88. The van der Waals surface area contributed by atoms with Crippen LogP contribution < -0.4 is 5.73 Å². The Kier molecular flexibility index (Phi) is 2.87. The largest absolute Gasteiger partial charge is 0.481 e. The van der Waals surface area contributed by atoms with Gasteiger partial charge in [-0.25, -0.2) is 4.98 Å². The minimum atomic E-state index is -0.839. The van der Waals surface area contributed by atoms with E-state index in [1.54, 1.807) is 12.4 Å². The first-order valence-electron chi connectivity index (χ1n) is 5.06. The number of rotatable bonds is 4. The highest BCUT2D eigenvalue weighted by atomic mass is 16.4. The van der Waals surface area contributed by atoms with Gasteiger partial charge in [-0.05, 0) is 24.2 Å². The maximum atomic E-state index is 10.7. The van der Waals surface area contributed by atoms with E-state index in [-0.39, 0.29) is 12.3 Å². The van der Waals surface area contributed by atoms with Gasteiger partial charge in [-0.3, -0.25) is 4.79 Å². The van der Waals surface area contributed by atoms with Crippen LogP contribution in [0.5, 0.6) is 0 Å². The van der Waals surface area contributed by atoms with E-state index in [0.29, 0.717) is 6.54 Å². The van der Waals surface area contributed by atoms with Gasteiger partial charge in [-0.1, -0.05) is 0 Å². The number of hydrogen-bond acceptors (Lipinski definition) is 3. The number of nitrogens with two attached hydrogens (primary N) is 1. The van der Waals surface area contributed by atoms with Crippen molar-refractivity contribution >= 4 is 17.0 Å². The van der Waals surface area contributed by atoms with E-state index < -0.39 is 5.97 Å².